The standard InChI is InChI=1S/C16H24N4O/c1-5-15(19(3)6-2)16-17-12-18-20(16)11-13-7-9-14(21-4)10-8-13/h7-10,12,15H,5-6,11H2,1-4H3. The normalized spacial score (nSPS) is 12.6. The van der Waals surface area contributed by atoms with Gasteiger partial charge in [0.1, 0.15) is 17.9 Å². The van der Waals surface area contributed by atoms with Gasteiger partial charge >= 0.3 is 0 Å². The van der Waals surface area contributed by atoms with Crippen molar-refractivity contribution < 1.29 is 4.74 Å². The monoisotopic (exact) mass is 288 g/mol. The zero-order valence-electron chi connectivity index (χ0n) is 13.3. The van der Waals surface area contributed by atoms with E-state index in [-0.39, 0.29) is 0 Å². The van der Waals surface area contributed by atoms with E-state index in [1.165, 1.54) is 5.56 Å². The van der Waals surface area contributed by atoms with E-state index in [1.807, 2.05) is 16.8 Å². The number of methoxy groups -OCH3 is 1. The minimum absolute atomic E-state index is 0.302. The zero-order chi connectivity index (χ0) is 15.2. The van der Waals surface area contributed by atoms with E-state index in [4.69, 9.17) is 4.74 Å². The Labute approximate surface area is 126 Å². The van der Waals surface area contributed by atoms with Gasteiger partial charge in [-0.25, -0.2) is 9.67 Å². The summed E-state index contributed by atoms with van der Waals surface area (Å²) in [5.74, 6) is 1.90. The van der Waals surface area contributed by atoms with Gasteiger partial charge in [0.15, 0.2) is 0 Å². The van der Waals surface area contributed by atoms with E-state index in [1.54, 1.807) is 13.4 Å². The van der Waals surface area contributed by atoms with Gasteiger partial charge in [-0.15, -0.1) is 0 Å². The Morgan fingerprint density at radius 1 is 1.24 bits per heavy atom. The summed E-state index contributed by atoms with van der Waals surface area (Å²) in [7, 11) is 3.80. The first-order valence-corrected chi connectivity index (χ1v) is 7.40. The average Bonchev–Trinajstić information content (AvgIpc) is 2.96. The van der Waals surface area contributed by atoms with Crippen LogP contribution >= 0.6 is 0 Å². The number of rotatable bonds is 7. The van der Waals surface area contributed by atoms with E-state index < -0.39 is 0 Å². The molecule has 0 spiro atoms. The molecule has 2 aromatic rings. The summed E-state index contributed by atoms with van der Waals surface area (Å²) in [5.41, 5.74) is 1.19. The van der Waals surface area contributed by atoms with Crippen molar-refractivity contribution >= 4 is 0 Å². The number of benzene rings is 1. The maximum atomic E-state index is 5.19. The van der Waals surface area contributed by atoms with E-state index in [9.17, 15) is 0 Å². The maximum absolute atomic E-state index is 5.19. The first-order chi connectivity index (χ1) is 10.2. The Kier molecular flexibility index (Phi) is 5.33. The molecule has 5 heteroatoms. The summed E-state index contributed by atoms with van der Waals surface area (Å²) in [5, 5.41) is 4.39. The highest BCUT2D eigenvalue weighted by Crippen LogP contribution is 2.21. The summed E-state index contributed by atoms with van der Waals surface area (Å²) in [6.07, 6.45) is 2.66. The van der Waals surface area contributed by atoms with Gasteiger partial charge in [0, 0.05) is 0 Å². The van der Waals surface area contributed by atoms with E-state index in [0.29, 0.717) is 6.04 Å². The van der Waals surface area contributed by atoms with Gasteiger partial charge in [0.05, 0.1) is 19.7 Å². The average molecular weight is 288 g/mol. The molecule has 0 saturated carbocycles. The molecule has 5 nitrogen and oxygen atoms in total. The van der Waals surface area contributed by atoms with Crippen LogP contribution in [-0.4, -0.2) is 40.4 Å². The molecule has 0 N–H and O–H groups in total. The maximum Gasteiger partial charge on any atom is 0.144 e. The molecule has 0 bridgehead atoms. The van der Waals surface area contributed by atoms with Crippen LogP contribution in [0, 0.1) is 0 Å². The lowest BCUT2D eigenvalue weighted by molar-refractivity contribution is 0.234. The minimum atomic E-state index is 0.302. The number of hydrogen-bond donors (Lipinski definition) is 0. The molecule has 2 rings (SSSR count). The molecule has 0 aliphatic rings. The lowest BCUT2D eigenvalue weighted by Crippen LogP contribution is -2.27. The second kappa shape index (κ2) is 7.22. The molecule has 0 radical (unpaired) electrons. The predicted octanol–water partition coefficient (Wildman–Crippen LogP) is 2.74. The van der Waals surface area contributed by atoms with Crippen molar-refractivity contribution in [1.29, 1.82) is 0 Å². The SMILES string of the molecule is CCC(c1ncnn1Cc1ccc(OC)cc1)N(C)CC. The topological polar surface area (TPSA) is 43.2 Å². The Morgan fingerprint density at radius 3 is 2.52 bits per heavy atom. The molecule has 1 aromatic heterocycles. The molecule has 0 aliphatic carbocycles. The van der Waals surface area contributed by atoms with Crippen LogP contribution in [0.4, 0.5) is 0 Å². The zero-order valence-corrected chi connectivity index (χ0v) is 13.3. The lowest BCUT2D eigenvalue weighted by Gasteiger charge is -2.25. The third-order valence-corrected chi connectivity index (χ3v) is 3.85. The van der Waals surface area contributed by atoms with Crippen molar-refractivity contribution in [3.05, 3.63) is 42.0 Å². The van der Waals surface area contributed by atoms with Gasteiger partial charge in [0.25, 0.3) is 0 Å². The molecule has 1 unspecified atom stereocenters. The van der Waals surface area contributed by atoms with Crippen molar-refractivity contribution in [1.82, 2.24) is 19.7 Å². The lowest BCUT2D eigenvalue weighted by atomic mass is 10.1. The van der Waals surface area contributed by atoms with Crippen LogP contribution in [0.5, 0.6) is 5.75 Å². The van der Waals surface area contributed by atoms with Gasteiger partial charge in [-0.05, 0) is 37.7 Å². The molecule has 0 fully saturated rings. The molecule has 1 atom stereocenters. The Morgan fingerprint density at radius 2 is 1.95 bits per heavy atom. The van der Waals surface area contributed by atoms with Gasteiger partial charge < -0.3 is 4.74 Å². The summed E-state index contributed by atoms with van der Waals surface area (Å²) >= 11 is 0. The molecule has 0 saturated heterocycles. The molecule has 1 aromatic carbocycles. The van der Waals surface area contributed by atoms with Crippen LogP contribution in [0.15, 0.2) is 30.6 Å². The summed E-state index contributed by atoms with van der Waals surface area (Å²) < 4.78 is 7.18. The highest BCUT2D eigenvalue weighted by molar-refractivity contribution is 5.27. The molecule has 114 valence electrons. The first-order valence-electron chi connectivity index (χ1n) is 7.40. The Bertz CT molecular complexity index is 550. The van der Waals surface area contributed by atoms with Gasteiger partial charge in [-0.3, -0.25) is 4.90 Å². The van der Waals surface area contributed by atoms with E-state index in [0.717, 1.165) is 31.1 Å². The predicted molar refractivity (Wildman–Crippen MR) is 83.5 cm³/mol. The number of aromatic nitrogens is 3. The fraction of sp³-hybridized carbons (Fsp3) is 0.500. The third-order valence-electron chi connectivity index (χ3n) is 3.85. The second-order valence-corrected chi connectivity index (χ2v) is 5.12. The van der Waals surface area contributed by atoms with Crippen molar-refractivity contribution in [2.45, 2.75) is 32.9 Å². The molecular formula is C16H24N4O. The Hall–Kier alpha value is -1.88. The Balaban J connectivity index is 2.19. The number of nitrogens with zero attached hydrogens (tertiary/aromatic N) is 4. The van der Waals surface area contributed by atoms with E-state index >= 15 is 0 Å². The van der Waals surface area contributed by atoms with Crippen LogP contribution < -0.4 is 4.74 Å². The first kappa shape index (κ1) is 15.5. The minimum Gasteiger partial charge on any atom is -0.497 e. The second-order valence-electron chi connectivity index (χ2n) is 5.12. The third kappa shape index (κ3) is 3.61. The molecule has 0 amide bonds. The van der Waals surface area contributed by atoms with Gasteiger partial charge in [0.2, 0.25) is 0 Å². The van der Waals surface area contributed by atoms with Crippen molar-refractivity contribution in [3.8, 4) is 5.75 Å². The smallest absolute Gasteiger partial charge is 0.144 e. The van der Waals surface area contributed by atoms with Crippen molar-refractivity contribution in [2.24, 2.45) is 0 Å². The van der Waals surface area contributed by atoms with Crippen LogP contribution in [0.1, 0.15) is 37.7 Å². The molecule has 0 aliphatic heterocycles. The molecular weight excluding hydrogens is 264 g/mol. The van der Waals surface area contributed by atoms with Crippen LogP contribution in [0.3, 0.4) is 0 Å². The summed E-state index contributed by atoms with van der Waals surface area (Å²) in [4.78, 5) is 6.77. The molecule has 1 heterocycles. The van der Waals surface area contributed by atoms with Crippen molar-refractivity contribution in [3.63, 3.8) is 0 Å². The fourth-order valence-corrected chi connectivity index (χ4v) is 2.47. The highest BCUT2D eigenvalue weighted by Gasteiger charge is 2.19. The number of hydrogen-bond acceptors (Lipinski definition) is 4. The van der Waals surface area contributed by atoms with Crippen LogP contribution in [0.2, 0.25) is 0 Å². The molecule has 21 heavy (non-hydrogen) atoms. The highest BCUT2D eigenvalue weighted by atomic mass is 16.5. The van der Waals surface area contributed by atoms with Crippen LogP contribution in [-0.2, 0) is 6.54 Å². The quantitative estimate of drug-likeness (QED) is 0.785. The summed E-state index contributed by atoms with van der Waals surface area (Å²) in [6, 6.07) is 8.38. The van der Waals surface area contributed by atoms with Crippen molar-refractivity contribution in [2.75, 3.05) is 20.7 Å². The fourth-order valence-electron chi connectivity index (χ4n) is 2.47. The summed E-state index contributed by atoms with van der Waals surface area (Å²) in [6.45, 7) is 6.07. The number of ether oxygens (including phenoxy) is 1. The van der Waals surface area contributed by atoms with Gasteiger partial charge in [-0.2, -0.15) is 5.10 Å². The van der Waals surface area contributed by atoms with E-state index in [2.05, 4.69) is 48.0 Å². The van der Waals surface area contributed by atoms with Gasteiger partial charge in [-0.1, -0.05) is 26.0 Å². The van der Waals surface area contributed by atoms with Crippen LogP contribution in [0.25, 0.3) is 0 Å². The largest absolute Gasteiger partial charge is 0.497 e.